The molecule has 2 aromatic carbocycles. The van der Waals surface area contributed by atoms with Crippen molar-refractivity contribution in [1.29, 1.82) is 0 Å². The molecule has 0 aromatic heterocycles. The summed E-state index contributed by atoms with van der Waals surface area (Å²) in [6, 6.07) is 14.7. The first kappa shape index (κ1) is 23.9. The first-order valence-electron chi connectivity index (χ1n) is 9.97. The normalized spacial score (nSPS) is 12.4. The summed E-state index contributed by atoms with van der Waals surface area (Å²) < 4.78 is 10.9. The Bertz CT molecular complexity index is 849. The van der Waals surface area contributed by atoms with E-state index in [4.69, 9.17) is 9.39 Å². The van der Waals surface area contributed by atoms with Crippen LogP contribution in [0.1, 0.15) is 48.5 Å². The number of nitrogens with one attached hydrogen (secondary N) is 1. The molecule has 3 N–H and O–H groups in total. The summed E-state index contributed by atoms with van der Waals surface area (Å²) in [5.41, 5.74) is 0.564. The third-order valence-electron chi connectivity index (χ3n) is 4.94. The maximum atomic E-state index is 11.9. The van der Waals surface area contributed by atoms with Crippen LogP contribution in [-0.4, -0.2) is 40.1 Å². The Kier molecular flexibility index (Phi) is 7.02. The number of carbonyl (C=O) groups excluding carboxylic acids is 1. The fraction of sp³-hybridized carbons (Fsp3) is 0.435. The third-order valence-corrected chi connectivity index (χ3v) is 4.94. The highest BCUT2D eigenvalue weighted by Gasteiger charge is 2.39. The number of benzene rings is 2. The van der Waals surface area contributed by atoms with Crippen molar-refractivity contribution in [3.05, 3.63) is 48.5 Å². The molecule has 2 rings (SSSR count). The first-order chi connectivity index (χ1) is 13.7. The van der Waals surface area contributed by atoms with Crippen molar-refractivity contribution in [2.45, 2.75) is 65.3 Å². The largest absolute Gasteiger partial charge is 0.491 e. The average molecular weight is 413 g/mol. The fourth-order valence-electron chi connectivity index (χ4n) is 2.50. The van der Waals surface area contributed by atoms with Crippen molar-refractivity contribution < 1.29 is 24.3 Å². The second-order valence-corrected chi connectivity index (χ2v) is 9.37. The predicted molar refractivity (Wildman–Crippen MR) is 121 cm³/mol. The SMILES string of the molecule is CC(C)(C)OC(=O)Nc1ccc(-c2ccc(B(O)OC(C)(C)C(C)(C)O)cc2)cc1. The van der Waals surface area contributed by atoms with Gasteiger partial charge in [0.15, 0.2) is 0 Å². The monoisotopic (exact) mass is 413 g/mol. The Morgan fingerprint density at radius 3 is 1.77 bits per heavy atom. The van der Waals surface area contributed by atoms with Gasteiger partial charge in [-0.3, -0.25) is 5.32 Å². The maximum absolute atomic E-state index is 11.9. The van der Waals surface area contributed by atoms with Gasteiger partial charge < -0.3 is 19.5 Å². The molecule has 0 saturated heterocycles. The van der Waals surface area contributed by atoms with Gasteiger partial charge in [-0.2, -0.15) is 0 Å². The molecule has 0 bridgehead atoms. The molecule has 0 spiro atoms. The molecular weight excluding hydrogens is 381 g/mol. The Morgan fingerprint density at radius 2 is 1.33 bits per heavy atom. The van der Waals surface area contributed by atoms with E-state index in [2.05, 4.69) is 5.32 Å². The van der Waals surface area contributed by atoms with E-state index in [0.717, 1.165) is 11.1 Å². The van der Waals surface area contributed by atoms with Crippen molar-refractivity contribution >= 4 is 24.4 Å². The van der Waals surface area contributed by atoms with Gasteiger partial charge in [-0.05, 0) is 77.2 Å². The second-order valence-electron chi connectivity index (χ2n) is 9.37. The van der Waals surface area contributed by atoms with E-state index in [-0.39, 0.29) is 0 Å². The molecule has 0 heterocycles. The lowest BCUT2D eigenvalue weighted by Crippen LogP contribution is -2.53. The summed E-state index contributed by atoms with van der Waals surface area (Å²) in [4.78, 5) is 11.9. The molecule has 7 heteroatoms. The minimum absolute atomic E-state index is 0.498. The molecule has 0 atom stereocenters. The van der Waals surface area contributed by atoms with Crippen LogP contribution in [-0.2, 0) is 9.39 Å². The summed E-state index contributed by atoms with van der Waals surface area (Å²) in [6.07, 6.45) is -0.498. The molecule has 0 fully saturated rings. The zero-order chi connectivity index (χ0) is 22.7. The molecule has 1 amide bonds. The summed E-state index contributed by atoms with van der Waals surface area (Å²) >= 11 is 0. The zero-order valence-electron chi connectivity index (χ0n) is 18.8. The van der Waals surface area contributed by atoms with Crippen molar-refractivity contribution in [2.75, 3.05) is 5.32 Å². The van der Waals surface area contributed by atoms with Crippen LogP contribution >= 0.6 is 0 Å². The van der Waals surface area contributed by atoms with E-state index in [1.165, 1.54) is 0 Å². The number of aliphatic hydroxyl groups is 1. The lowest BCUT2D eigenvalue weighted by Gasteiger charge is -2.38. The van der Waals surface area contributed by atoms with E-state index in [1.807, 2.05) is 45.0 Å². The van der Waals surface area contributed by atoms with E-state index in [0.29, 0.717) is 11.2 Å². The van der Waals surface area contributed by atoms with Crippen LogP contribution in [0.15, 0.2) is 48.5 Å². The summed E-state index contributed by atoms with van der Waals surface area (Å²) in [5, 5.41) is 23.3. The van der Waals surface area contributed by atoms with Crippen LogP contribution in [0.4, 0.5) is 10.5 Å². The topological polar surface area (TPSA) is 88.0 Å². The number of carbonyl (C=O) groups is 1. The summed E-state index contributed by atoms with van der Waals surface area (Å²) in [7, 11) is -1.15. The lowest BCUT2D eigenvalue weighted by atomic mass is 9.76. The van der Waals surface area contributed by atoms with Crippen LogP contribution in [0.2, 0.25) is 0 Å². The number of anilines is 1. The Morgan fingerprint density at radius 1 is 0.867 bits per heavy atom. The number of hydrogen-bond acceptors (Lipinski definition) is 5. The highest BCUT2D eigenvalue weighted by atomic mass is 16.6. The molecule has 2 aromatic rings. The summed E-state index contributed by atoms with van der Waals surface area (Å²) in [5.74, 6) is 0. The van der Waals surface area contributed by atoms with E-state index in [1.54, 1.807) is 52.0 Å². The molecule has 0 saturated carbocycles. The fourth-order valence-corrected chi connectivity index (χ4v) is 2.50. The number of rotatable bonds is 6. The summed E-state index contributed by atoms with van der Waals surface area (Å²) in [6.45, 7) is 12.2. The lowest BCUT2D eigenvalue weighted by molar-refractivity contribution is -0.0982. The zero-order valence-corrected chi connectivity index (χ0v) is 18.8. The third kappa shape index (κ3) is 6.59. The number of hydrogen-bond donors (Lipinski definition) is 3. The van der Waals surface area contributed by atoms with Gasteiger partial charge in [-0.25, -0.2) is 4.79 Å². The Balaban J connectivity index is 2.05. The van der Waals surface area contributed by atoms with Crippen molar-refractivity contribution in [2.24, 2.45) is 0 Å². The van der Waals surface area contributed by atoms with Crippen molar-refractivity contribution in [3.8, 4) is 11.1 Å². The Hall–Kier alpha value is -2.35. The van der Waals surface area contributed by atoms with Gasteiger partial charge in [0.25, 0.3) is 0 Å². The van der Waals surface area contributed by atoms with Crippen molar-refractivity contribution in [1.82, 2.24) is 0 Å². The number of ether oxygens (including phenoxy) is 1. The predicted octanol–water partition coefficient (Wildman–Crippen LogP) is 3.95. The van der Waals surface area contributed by atoms with E-state index < -0.39 is 30.0 Å². The maximum Gasteiger partial charge on any atom is 0.491 e. The quantitative estimate of drug-likeness (QED) is 0.624. The first-order valence-corrected chi connectivity index (χ1v) is 9.97. The second kappa shape index (κ2) is 8.80. The van der Waals surface area contributed by atoms with Crippen LogP contribution in [0.3, 0.4) is 0 Å². The van der Waals surface area contributed by atoms with Gasteiger partial charge in [-0.1, -0.05) is 36.4 Å². The molecule has 0 aliphatic carbocycles. The molecule has 0 unspecified atom stereocenters. The standard InChI is InChI=1S/C23H32BNO5/c1-21(2,3)29-20(26)25-19-14-10-17(11-15-19)16-8-12-18(13-9-16)24(28)30-23(6,7)22(4,5)27/h8-15,27-28H,1-7H3,(H,25,26). The van der Waals surface area contributed by atoms with E-state index >= 15 is 0 Å². The molecule has 0 aliphatic heterocycles. The van der Waals surface area contributed by atoms with Gasteiger partial charge in [0.2, 0.25) is 0 Å². The van der Waals surface area contributed by atoms with E-state index in [9.17, 15) is 14.9 Å². The highest BCUT2D eigenvalue weighted by Crippen LogP contribution is 2.26. The minimum Gasteiger partial charge on any atom is -0.444 e. The molecule has 0 aliphatic rings. The Labute approximate surface area is 179 Å². The minimum atomic E-state index is -1.15. The van der Waals surface area contributed by atoms with Gasteiger partial charge in [0, 0.05) is 5.69 Å². The van der Waals surface area contributed by atoms with Crippen LogP contribution in [0.5, 0.6) is 0 Å². The molecule has 30 heavy (non-hydrogen) atoms. The van der Waals surface area contributed by atoms with Crippen LogP contribution in [0.25, 0.3) is 11.1 Å². The molecule has 6 nitrogen and oxygen atoms in total. The smallest absolute Gasteiger partial charge is 0.444 e. The molecule has 162 valence electrons. The molecule has 0 radical (unpaired) electrons. The van der Waals surface area contributed by atoms with Crippen LogP contribution in [0, 0.1) is 0 Å². The van der Waals surface area contributed by atoms with Crippen molar-refractivity contribution in [3.63, 3.8) is 0 Å². The molecular formula is C23H32BNO5. The number of amides is 1. The van der Waals surface area contributed by atoms with Gasteiger partial charge in [0.05, 0.1) is 11.2 Å². The average Bonchev–Trinajstić information content (AvgIpc) is 2.59. The van der Waals surface area contributed by atoms with Gasteiger partial charge in [0.1, 0.15) is 5.60 Å². The van der Waals surface area contributed by atoms with Gasteiger partial charge in [-0.15, -0.1) is 0 Å². The highest BCUT2D eigenvalue weighted by molar-refractivity contribution is 6.60. The van der Waals surface area contributed by atoms with Crippen LogP contribution < -0.4 is 10.8 Å². The van der Waals surface area contributed by atoms with Gasteiger partial charge >= 0.3 is 13.2 Å².